The SMILES string of the molecule is CC(C)(C)c1cc(/C=C\C(=O)c2ccccc2)cc(C(C)(C)C)c1O. The van der Waals surface area contributed by atoms with E-state index in [1.165, 1.54) is 0 Å². The molecule has 2 rings (SSSR count). The summed E-state index contributed by atoms with van der Waals surface area (Å²) < 4.78 is 0. The average molecular weight is 336 g/mol. The summed E-state index contributed by atoms with van der Waals surface area (Å²) in [6, 6.07) is 13.2. The molecule has 2 heteroatoms. The van der Waals surface area contributed by atoms with Crippen molar-refractivity contribution in [3.8, 4) is 5.75 Å². The van der Waals surface area contributed by atoms with E-state index in [9.17, 15) is 9.90 Å². The highest BCUT2D eigenvalue weighted by Gasteiger charge is 2.26. The van der Waals surface area contributed by atoms with Gasteiger partial charge >= 0.3 is 0 Å². The molecular weight excluding hydrogens is 308 g/mol. The molecule has 0 fully saturated rings. The molecule has 0 unspecified atom stereocenters. The number of phenolic OH excluding ortho intramolecular Hbond substituents is 1. The number of aromatic hydroxyl groups is 1. The normalized spacial score (nSPS) is 12.6. The van der Waals surface area contributed by atoms with Gasteiger partial charge in [0.25, 0.3) is 0 Å². The van der Waals surface area contributed by atoms with Gasteiger partial charge in [-0.1, -0.05) is 78.0 Å². The highest BCUT2D eigenvalue weighted by molar-refractivity contribution is 6.06. The first-order chi connectivity index (χ1) is 11.5. The Labute approximate surface area is 151 Å². The molecule has 0 saturated heterocycles. The summed E-state index contributed by atoms with van der Waals surface area (Å²) in [6.07, 6.45) is 3.43. The second-order valence-electron chi connectivity index (χ2n) is 8.53. The maximum atomic E-state index is 12.3. The van der Waals surface area contributed by atoms with Crippen LogP contribution in [-0.2, 0) is 10.8 Å². The van der Waals surface area contributed by atoms with Crippen LogP contribution in [0.4, 0.5) is 0 Å². The Hall–Kier alpha value is -2.35. The third-order valence-corrected chi connectivity index (χ3v) is 4.23. The fourth-order valence-corrected chi connectivity index (χ4v) is 2.77. The van der Waals surface area contributed by atoms with Gasteiger partial charge in [0, 0.05) is 16.7 Å². The fourth-order valence-electron chi connectivity index (χ4n) is 2.77. The number of rotatable bonds is 3. The van der Waals surface area contributed by atoms with Crippen LogP contribution in [0, 0.1) is 0 Å². The minimum Gasteiger partial charge on any atom is -0.507 e. The van der Waals surface area contributed by atoms with Crippen LogP contribution in [0.5, 0.6) is 5.75 Å². The molecule has 0 spiro atoms. The van der Waals surface area contributed by atoms with Crippen LogP contribution in [0.15, 0.2) is 48.5 Å². The van der Waals surface area contributed by atoms with Gasteiger partial charge in [0.15, 0.2) is 5.78 Å². The third kappa shape index (κ3) is 4.60. The fraction of sp³-hybridized carbons (Fsp3) is 0.348. The molecule has 0 atom stereocenters. The molecule has 25 heavy (non-hydrogen) atoms. The molecule has 0 heterocycles. The summed E-state index contributed by atoms with van der Waals surface area (Å²) in [5.74, 6) is 0.329. The van der Waals surface area contributed by atoms with Crippen molar-refractivity contribution in [3.63, 3.8) is 0 Å². The molecule has 0 aromatic heterocycles. The van der Waals surface area contributed by atoms with Gasteiger partial charge in [0.2, 0.25) is 0 Å². The number of benzene rings is 2. The minimum absolute atomic E-state index is 0.0247. The molecule has 2 nitrogen and oxygen atoms in total. The largest absolute Gasteiger partial charge is 0.507 e. The van der Waals surface area contributed by atoms with Gasteiger partial charge in [-0.05, 0) is 34.6 Å². The lowest BCUT2D eigenvalue weighted by atomic mass is 9.78. The monoisotopic (exact) mass is 336 g/mol. The molecule has 0 aliphatic heterocycles. The Morgan fingerprint density at radius 2 is 1.36 bits per heavy atom. The summed E-state index contributed by atoms with van der Waals surface area (Å²) in [6.45, 7) is 12.5. The topological polar surface area (TPSA) is 37.3 Å². The van der Waals surface area contributed by atoms with Crippen molar-refractivity contribution in [1.29, 1.82) is 0 Å². The van der Waals surface area contributed by atoms with Crippen molar-refractivity contribution in [3.05, 3.63) is 70.8 Å². The van der Waals surface area contributed by atoms with Crippen molar-refractivity contribution >= 4 is 11.9 Å². The zero-order valence-electron chi connectivity index (χ0n) is 16.1. The number of allylic oxidation sites excluding steroid dienone is 1. The van der Waals surface area contributed by atoms with Gasteiger partial charge in [0.05, 0.1) is 0 Å². The molecular formula is C23H28O2. The molecule has 2 aromatic rings. The Morgan fingerprint density at radius 3 is 1.80 bits per heavy atom. The zero-order chi connectivity index (χ0) is 18.8. The van der Waals surface area contributed by atoms with E-state index in [4.69, 9.17) is 0 Å². The highest BCUT2D eigenvalue weighted by Crippen LogP contribution is 2.40. The molecule has 2 aromatic carbocycles. The van der Waals surface area contributed by atoms with Crippen molar-refractivity contribution in [2.45, 2.75) is 52.4 Å². The van der Waals surface area contributed by atoms with Crippen molar-refractivity contribution in [2.24, 2.45) is 0 Å². The second-order valence-corrected chi connectivity index (χ2v) is 8.53. The van der Waals surface area contributed by atoms with Crippen LogP contribution < -0.4 is 0 Å². The number of carbonyl (C=O) groups is 1. The molecule has 132 valence electrons. The summed E-state index contributed by atoms with van der Waals surface area (Å²) in [5, 5.41) is 10.7. The standard InChI is InChI=1S/C23H28O2/c1-22(2,3)18-14-16(15-19(21(18)25)23(4,5)6)12-13-20(24)17-10-8-7-9-11-17/h7-15,25H,1-6H3/b13-12-. The summed E-state index contributed by atoms with van der Waals surface area (Å²) >= 11 is 0. The van der Waals surface area contributed by atoms with Crippen LogP contribution in [-0.4, -0.2) is 10.9 Å². The first-order valence-corrected chi connectivity index (χ1v) is 8.65. The summed E-state index contributed by atoms with van der Waals surface area (Å²) in [4.78, 5) is 12.3. The number of hydrogen-bond donors (Lipinski definition) is 1. The van der Waals surface area contributed by atoms with E-state index in [0.717, 1.165) is 16.7 Å². The Morgan fingerprint density at radius 1 is 0.880 bits per heavy atom. The van der Waals surface area contributed by atoms with Crippen LogP contribution in [0.25, 0.3) is 6.08 Å². The second kappa shape index (κ2) is 6.87. The van der Waals surface area contributed by atoms with Crippen molar-refractivity contribution in [1.82, 2.24) is 0 Å². The van der Waals surface area contributed by atoms with Gasteiger partial charge in [-0.25, -0.2) is 0 Å². The van der Waals surface area contributed by atoms with Crippen LogP contribution in [0.3, 0.4) is 0 Å². The van der Waals surface area contributed by atoms with Gasteiger partial charge in [-0.15, -0.1) is 0 Å². The van der Waals surface area contributed by atoms with Gasteiger partial charge < -0.3 is 5.11 Å². The summed E-state index contributed by atoms with van der Waals surface area (Å²) in [5.41, 5.74) is 3.02. The number of phenols is 1. The molecule has 0 saturated carbocycles. The zero-order valence-corrected chi connectivity index (χ0v) is 16.1. The van der Waals surface area contributed by atoms with E-state index in [-0.39, 0.29) is 16.6 Å². The van der Waals surface area contributed by atoms with E-state index < -0.39 is 0 Å². The molecule has 0 amide bonds. The van der Waals surface area contributed by atoms with Gasteiger partial charge in [-0.2, -0.15) is 0 Å². The Balaban J connectivity index is 2.48. The molecule has 0 aliphatic rings. The third-order valence-electron chi connectivity index (χ3n) is 4.23. The number of ketones is 1. The van der Waals surface area contributed by atoms with Crippen LogP contribution in [0.2, 0.25) is 0 Å². The van der Waals surface area contributed by atoms with Crippen LogP contribution >= 0.6 is 0 Å². The van der Waals surface area contributed by atoms with E-state index >= 15 is 0 Å². The van der Waals surface area contributed by atoms with E-state index in [2.05, 4.69) is 41.5 Å². The van der Waals surface area contributed by atoms with E-state index in [1.807, 2.05) is 48.5 Å². The lowest BCUT2D eigenvalue weighted by Crippen LogP contribution is -2.17. The summed E-state index contributed by atoms with van der Waals surface area (Å²) in [7, 11) is 0. The maximum absolute atomic E-state index is 12.3. The number of hydrogen-bond acceptors (Lipinski definition) is 2. The molecule has 0 aliphatic carbocycles. The first-order valence-electron chi connectivity index (χ1n) is 8.65. The Bertz CT molecular complexity index is 750. The quantitative estimate of drug-likeness (QED) is 0.561. The maximum Gasteiger partial charge on any atom is 0.185 e. The molecule has 1 N–H and O–H groups in total. The van der Waals surface area contributed by atoms with Crippen molar-refractivity contribution < 1.29 is 9.90 Å². The smallest absolute Gasteiger partial charge is 0.185 e. The first kappa shape index (κ1) is 19.0. The van der Waals surface area contributed by atoms with Crippen LogP contribution in [0.1, 0.15) is 68.6 Å². The minimum atomic E-state index is -0.183. The number of carbonyl (C=O) groups excluding carboxylic acids is 1. The predicted molar refractivity (Wildman–Crippen MR) is 105 cm³/mol. The Kier molecular flexibility index (Phi) is 5.22. The van der Waals surface area contributed by atoms with E-state index in [1.54, 1.807) is 6.08 Å². The lowest BCUT2D eigenvalue weighted by molar-refractivity contribution is 0.104. The van der Waals surface area contributed by atoms with E-state index in [0.29, 0.717) is 11.3 Å². The van der Waals surface area contributed by atoms with Gasteiger partial charge in [0.1, 0.15) is 5.75 Å². The molecule has 0 radical (unpaired) electrons. The molecule has 0 bridgehead atoms. The highest BCUT2D eigenvalue weighted by atomic mass is 16.3. The lowest BCUT2D eigenvalue weighted by Gasteiger charge is -2.27. The predicted octanol–water partition coefficient (Wildman–Crippen LogP) is 5.88. The van der Waals surface area contributed by atoms with Crippen molar-refractivity contribution in [2.75, 3.05) is 0 Å². The van der Waals surface area contributed by atoms with Gasteiger partial charge in [-0.3, -0.25) is 4.79 Å². The average Bonchev–Trinajstić information content (AvgIpc) is 2.52.